The topological polar surface area (TPSA) is 75.5 Å². The summed E-state index contributed by atoms with van der Waals surface area (Å²) in [6, 6.07) is 17.7. The molecule has 0 radical (unpaired) electrons. The van der Waals surface area contributed by atoms with E-state index in [-0.39, 0.29) is 5.56 Å². The van der Waals surface area contributed by atoms with Crippen molar-refractivity contribution in [2.24, 2.45) is 0 Å². The molecular weight excluding hydrogens is 354 g/mol. The van der Waals surface area contributed by atoms with Gasteiger partial charge in [-0.15, -0.1) is 0 Å². The minimum Gasteiger partial charge on any atom is -0.497 e. The Morgan fingerprint density at radius 1 is 1.07 bits per heavy atom. The highest BCUT2D eigenvalue weighted by atomic mass is 16.5. The van der Waals surface area contributed by atoms with Gasteiger partial charge >= 0.3 is 5.97 Å². The summed E-state index contributed by atoms with van der Waals surface area (Å²) in [5, 5.41) is 9.49. The number of nitrogens with zero attached hydrogens (tertiary/aromatic N) is 3. The lowest BCUT2D eigenvalue weighted by molar-refractivity contribution is 0.0695. The lowest BCUT2D eigenvalue weighted by Crippen LogP contribution is -2.24. The third-order valence-electron chi connectivity index (χ3n) is 4.54. The van der Waals surface area contributed by atoms with Crippen LogP contribution in [0.4, 0.5) is 5.95 Å². The number of ether oxygens (including phenoxy) is 1. The van der Waals surface area contributed by atoms with E-state index in [4.69, 9.17) is 4.74 Å². The molecular formula is C22H23N3O3. The van der Waals surface area contributed by atoms with E-state index < -0.39 is 5.97 Å². The van der Waals surface area contributed by atoms with Crippen molar-refractivity contribution in [2.45, 2.75) is 12.8 Å². The van der Waals surface area contributed by atoms with Crippen LogP contribution in [0.1, 0.15) is 27.2 Å². The van der Waals surface area contributed by atoms with Crippen molar-refractivity contribution in [2.75, 3.05) is 25.6 Å². The van der Waals surface area contributed by atoms with Gasteiger partial charge in [-0.1, -0.05) is 42.5 Å². The lowest BCUT2D eigenvalue weighted by atomic mass is 10.1. The van der Waals surface area contributed by atoms with Crippen molar-refractivity contribution in [1.29, 1.82) is 0 Å². The molecule has 1 aromatic heterocycles. The molecule has 28 heavy (non-hydrogen) atoms. The van der Waals surface area contributed by atoms with Gasteiger partial charge in [0.15, 0.2) is 0 Å². The highest BCUT2D eigenvalue weighted by molar-refractivity contribution is 5.88. The first-order valence-corrected chi connectivity index (χ1v) is 9.04. The highest BCUT2D eigenvalue weighted by Crippen LogP contribution is 2.18. The number of likely N-dealkylation sites (N-methyl/N-ethyl adjacent to an activating group) is 1. The summed E-state index contributed by atoms with van der Waals surface area (Å²) < 4.78 is 5.17. The van der Waals surface area contributed by atoms with Crippen LogP contribution in [-0.2, 0) is 12.8 Å². The first-order valence-electron chi connectivity index (χ1n) is 9.04. The van der Waals surface area contributed by atoms with Gasteiger partial charge in [0.1, 0.15) is 5.75 Å². The summed E-state index contributed by atoms with van der Waals surface area (Å²) in [5.41, 5.74) is 2.81. The Labute approximate surface area is 164 Å². The SMILES string of the molecule is COc1ccc(Cc2nc(N(C)CCc3ccccc3)ncc2C(=O)O)cc1. The summed E-state index contributed by atoms with van der Waals surface area (Å²) in [7, 11) is 3.52. The van der Waals surface area contributed by atoms with Gasteiger partial charge in [-0.3, -0.25) is 0 Å². The average molecular weight is 377 g/mol. The molecule has 2 aromatic carbocycles. The summed E-state index contributed by atoms with van der Waals surface area (Å²) >= 11 is 0. The molecule has 6 heteroatoms. The average Bonchev–Trinajstić information content (AvgIpc) is 2.73. The normalized spacial score (nSPS) is 10.5. The summed E-state index contributed by atoms with van der Waals surface area (Å²) in [4.78, 5) is 22.3. The van der Waals surface area contributed by atoms with Crippen LogP contribution in [0, 0.1) is 0 Å². The zero-order valence-electron chi connectivity index (χ0n) is 16.0. The van der Waals surface area contributed by atoms with Crippen LogP contribution in [0.5, 0.6) is 5.75 Å². The molecule has 0 saturated carbocycles. The van der Waals surface area contributed by atoms with Crippen LogP contribution in [-0.4, -0.2) is 41.7 Å². The minimum absolute atomic E-state index is 0.121. The third-order valence-corrected chi connectivity index (χ3v) is 4.54. The molecule has 0 aliphatic heterocycles. The fraction of sp³-hybridized carbons (Fsp3) is 0.227. The van der Waals surface area contributed by atoms with Gasteiger partial charge in [-0.2, -0.15) is 0 Å². The maximum Gasteiger partial charge on any atom is 0.339 e. The molecule has 1 N–H and O–H groups in total. The molecule has 0 aliphatic rings. The lowest BCUT2D eigenvalue weighted by Gasteiger charge is -2.18. The Bertz CT molecular complexity index is 928. The highest BCUT2D eigenvalue weighted by Gasteiger charge is 2.16. The molecule has 3 aromatic rings. The fourth-order valence-corrected chi connectivity index (χ4v) is 2.88. The second-order valence-corrected chi connectivity index (χ2v) is 6.52. The molecule has 0 amide bonds. The van der Waals surface area contributed by atoms with Crippen molar-refractivity contribution in [3.8, 4) is 5.75 Å². The molecule has 0 spiro atoms. The number of hydrogen-bond acceptors (Lipinski definition) is 5. The standard InChI is InChI=1S/C22H23N3O3/c1-25(13-12-16-6-4-3-5-7-16)22-23-15-19(21(26)27)20(24-22)14-17-8-10-18(28-2)11-9-17/h3-11,15H,12-14H2,1-2H3,(H,26,27). The van der Waals surface area contributed by atoms with Gasteiger partial charge in [-0.05, 0) is 29.7 Å². The van der Waals surface area contributed by atoms with E-state index in [0.29, 0.717) is 18.1 Å². The number of hydrogen-bond donors (Lipinski definition) is 1. The van der Waals surface area contributed by atoms with E-state index in [9.17, 15) is 9.90 Å². The molecule has 0 fully saturated rings. The van der Waals surface area contributed by atoms with Crippen molar-refractivity contribution in [1.82, 2.24) is 9.97 Å². The molecule has 1 heterocycles. The Hall–Kier alpha value is -3.41. The zero-order chi connectivity index (χ0) is 19.9. The number of methoxy groups -OCH3 is 1. The first-order chi connectivity index (χ1) is 13.6. The number of aromatic carboxylic acids is 1. The maximum atomic E-state index is 11.6. The van der Waals surface area contributed by atoms with E-state index in [0.717, 1.165) is 24.3 Å². The van der Waals surface area contributed by atoms with Crippen LogP contribution in [0.25, 0.3) is 0 Å². The maximum absolute atomic E-state index is 11.6. The molecule has 0 atom stereocenters. The smallest absolute Gasteiger partial charge is 0.339 e. The second kappa shape index (κ2) is 8.99. The molecule has 0 aliphatic carbocycles. The van der Waals surface area contributed by atoms with Crippen LogP contribution >= 0.6 is 0 Å². The van der Waals surface area contributed by atoms with Crippen molar-refractivity contribution >= 4 is 11.9 Å². The predicted octanol–water partition coefficient (Wildman–Crippen LogP) is 3.45. The second-order valence-electron chi connectivity index (χ2n) is 6.52. The van der Waals surface area contributed by atoms with E-state index in [1.54, 1.807) is 7.11 Å². The van der Waals surface area contributed by atoms with Gasteiger partial charge in [0, 0.05) is 26.2 Å². The fourth-order valence-electron chi connectivity index (χ4n) is 2.88. The molecule has 144 valence electrons. The van der Waals surface area contributed by atoms with Crippen LogP contribution in [0.2, 0.25) is 0 Å². The van der Waals surface area contributed by atoms with Gasteiger partial charge < -0.3 is 14.7 Å². The van der Waals surface area contributed by atoms with E-state index in [1.165, 1.54) is 11.8 Å². The van der Waals surface area contributed by atoms with Crippen molar-refractivity contribution in [3.63, 3.8) is 0 Å². The Morgan fingerprint density at radius 2 is 1.79 bits per heavy atom. The van der Waals surface area contributed by atoms with Crippen LogP contribution in [0.3, 0.4) is 0 Å². The predicted molar refractivity (Wildman–Crippen MR) is 108 cm³/mol. The van der Waals surface area contributed by atoms with Gasteiger partial charge in [0.2, 0.25) is 5.95 Å². The number of carboxylic acid groups (broad SMARTS) is 1. The van der Waals surface area contributed by atoms with E-state index >= 15 is 0 Å². The number of benzene rings is 2. The Morgan fingerprint density at radius 3 is 2.43 bits per heavy atom. The number of anilines is 1. The monoisotopic (exact) mass is 377 g/mol. The number of carbonyl (C=O) groups is 1. The van der Waals surface area contributed by atoms with Crippen molar-refractivity contribution in [3.05, 3.63) is 83.2 Å². The number of carboxylic acids is 1. The molecule has 6 nitrogen and oxygen atoms in total. The summed E-state index contributed by atoms with van der Waals surface area (Å²) in [6.45, 7) is 0.735. The molecule has 0 unspecified atom stereocenters. The van der Waals surface area contributed by atoms with Gasteiger partial charge in [0.05, 0.1) is 18.4 Å². The van der Waals surface area contributed by atoms with Gasteiger partial charge in [0.25, 0.3) is 0 Å². The van der Waals surface area contributed by atoms with E-state index in [1.807, 2.05) is 54.4 Å². The third kappa shape index (κ3) is 4.85. The quantitative estimate of drug-likeness (QED) is 0.648. The molecule has 3 rings (SSSR count). The first kappa shape index (κ1) is 19.4. The summed E-state index contributed by atoms with van der Waals surface area (Å²) in [6.07, 6.45) is 2.66. The molecule has 0 bridgehead atoms. The summed E-state index contributed by atoms with van der Waals surface area (Å²) in [5.74, 6) is 0.248. The van der Waals surface area contributed by atoms with Crippen LogP contribution < -0.4 is 9.64 Å². The van der Waals surface area contributed by atoms with Crippen molar-refractivity contribution < 1.29 is 14.6 Å². The number of rotatable bonds is 8. The van der Waals surface area contributed by atoms with Gasteiger partial charge in [-0.25, -0.2) is 14.8 Å². The molecule has 0 saturated heterocycles. The Kier molecular flexibility index (Phi) is 6.22. The minimum atomic E-state index is -1.03. The van der Waals surface area contributed by atoms with Crippen LogP contribution in [0.15, 0.2) is 60.8 Å². The van der Waals surface area contributed by atoms with E-state index in [2.05, 4.69) is 22.1 Å². The zero-order valence-corrected chi connectivity index (χ0v) is 16.0. The Balaban J connectivity index is 1.78. The number of aromatic nitrogens is 2. The largest absolute Gasteiger partial charge is 0.497 e.